The number of carbonyl (C=O) groups is 3. The summed E-state index contributed by atoms with van der Waals surface area (Å²) in [6.45, 7) is 0. The number of carbonyl (C=O) groups excluding carboxylic acids is 3. The Morgan fingerprint density at radius 1 is 1.04 bits per heavy atom. The van der Waals surface area contributed by atoms with Crippen molar-refractivity contribution in [1.82, 2.24) is 9.88 Å². The molecule has 7 nitrogen and oxygen atoms in total. The number of rotatable bonds is 5. The van der Waals surface area contributed by atoms with Gasteiger partial charge >= 0.3 is 18.1 Å². The first-order valence-electron chi connectivity index (χ1n) is 7.15. The second-order valence-electron chi connectivity index (χ2n) is 5.32. The van der Waals surface area contributed by atoms with Crippen molar-refractivity contribution >= 4 is 17.8 Å². The number of aromatic nitrogens is 1. The van der Waals surface area contributed by atoms with Gasteiger partial charge in [-0.15, -0.1) is 0 Å². The summed E-state index contributed by atoms with van der Waals surface area (Å²) < 4.78 is 75.3. The Bertz CT molecular complexity index is 762. The van der Waals surface area contributed by atoms with Crippen LogP contribution in [0.2, 0.25) is 0 Å². The van der Waals surface area contributed by atoms with Gasteiger partial charge in [0.15, 0.2) is 5.69 Å². The van der Waals surface area contributed by atoms with Crippen LogP contribution in [0, 0.1) is 0 Å². The average Bonchev–Trinajstić information content (AvgIpc) is 2.58. The van der Waals surface area contributed by atoms with Gasteiger partial charge < -0.3 is 14.4 Å². The van der Waals surface area contributed by atoms with E-state index in [1.54, 1.807) is 0 Å². The zero-order valence-electron chi connectivity index (χ0n) is 14.6. The summed E-state index contributed by atoms with van der Waals surface area (Å²) in [5, 5.41) is 0. The third-order valence-electron chi connectivity index (χ3n) is 3.41. The summed E-state index contributed by atoms with van der Waals surface area (Å²) in [7, 11) is 4.04. The lowest BCUT2D eigenvalue weighted by Gasteiger charge is -2.21. The Kier molecular flexibility index (Phi) is 6.81. The molecule has 0 aromatic carbocycles. The first-order valence-corrected chi connectivity index (χ1v) is 7.15. The molecule has 1 aromatic rings. The maximum atomic E-state index is 13.4. The van der Waals surface area contributed by atoms with Gasteiger partial charge in [-0.1, -0.05) is 0 Å². The molecule has 0 spiro atoms. The minimum atomic E-state index is -5.34. The van der Waals surface area contributed by atoms with Crippen LogP contribution >= 0.6 is 0 Å². The summed E-state index contributed by atoms with van der Waals surface area (Å²) in [6, 6.07) is 0. The lowest BCUT2D eigenvalue weighted by molar-refractivity contribution is -0.142. The van der Waals surface area contributed by atoms with Crippen molar-refractivity contribution < 1.29 is 45.8 Å². The van der Waals surface area contributed by atoms with Crippen molar-refractivity contribution in [3.05, 3.63) is 28.1 Å². The van der Waals surface area contributed by atoms with Gasteiger partial charge in [0, 0.05) is 14.1 Å². The SMILES string of the molecule is COC(=O)c1c(C(F)F)nc(C(F)(F)F)c(C(=O)OC)c1CC(=O)N(C)C. The molecule has 0 aliphatic rings. The number of amides is 1. The number of alkyl halides is 5. The highest BCUT2D eigenvalue weighted by Crippen LogP contribution is 2.37. The van der Waals surface area contributed by atoms with Crippen molar-refractivity contribution in [3.8, 4) is 0 Å². The van der Waals surface area contributed by atoms with Crippen LogP contribution in [0.1, 0.15) is 44.1 Å². The van der Waals surface area contributed by atoms with E-state index in [0.717, 1.165) is 19.1 Å². The van der Waals surface area contributed by atoms with E-state index in [2.05, 4.69) is 14.5 Å². The summed E-state index contributed by atoms with van der Waals surface area (Å²) in [6.07, 6.45) is -9.91. The number of ether oxygens (including phenoxy) is 2. The van der Waals surface area contributed by atoms with E-state index in [1.165, 1.54) is 14.1 Å². The van der Waals surface area contributed by atoms with Crippen molar-refractivity contribution in [3.63, 3.8) is 0 Å². The molecular weight excluding hydrogens is 383 g/mol. The first kappa shape index (κ1) is 22.3. The van der Waals surface area contributed by atoms with Gasteiger partial charge in [0.05, 0.1) is 31.8 Å². The lowest BCUT2D eigenvalue weighted by atomic mass is 9.94. The van der Waals surface area contributed by atoms with Gasteiger partial charge in [-0.25, -0.2) is 23.4 Å². The predicted molar refractivity (Wildman–Crippen MR) is 79.3 cm³/mol. The van der Waals surface area contributed by atoms with Crippen LogP contribution in [0.3, 0.4) is 0 Å². The minimum Gasteiger partial charge on any atom is -0.465 e. The molecule has 150 valence electrons. The third-order valence-corrected chi connectivity index (χ3v) is 3.41. The van der Waals surface area contributed by atoms with Crippen LogP contribution in [-0.4, -0.2) is 56.0 Å². The molecule has 1 amide bonds. The maximum Gasteiger partial charge on any atom is 0.434 e. The Morgan fingerprint density at radius 3 is 1.89 bits per heavy atom. The van der Waals surface area contributed by atoms with Crippen LogP contribution in [0.15, 0.2) is 0 Å². The monoisotopic (exact) mass is 398 g/mol. The van der Waals surface area contributed by atoms with Crippen LogP contribution in [0.5, 0.6) is 0 Å². The van der Waals surface area contributed by atoms with Crippen LogP contribution < -0.4 is 0 Å². The Balaban J connectivity index is 4.08. The second kappa shape index (κ2) is 8.27. The summed E-state index contributed by atoms with van der Waals surface area (Å²) in [5.41, 5.74) is -6.83. The van der Waals surface area contributed by atoms with Crippen LogP contribution in [0.4, 0.5) is 22.0 Å². The summed E-state index contributed by atoms with van der Waals surface area (Å²) in [5.74, 6) is -3.93. The molecule has 0 atom stereocenters. The highest BCUT2D eigenvalue weighted by atomic mass is 19.4. The molecule has 1 heterocycles. The standard InChI is InChI=1S/C15H15F5N2O5/c1-22(2)7(23)5-6-8(13(24)26-3)10(12(16)17)21-11(15(18,19)20)9(6)14(25)27-4/h12H,5H2,1-4H3. The fraction of sp³-hybridized carbons (Fsp3) is 0.467. The molecule has 0 fully saturated rings. The molecule has 0 aliphatic carbocycles. The summed E-state index contributed by atoms with van der Waals surface area (Å²) in [4.78, 5) is 39.7. The van der Waals surface area contributed by atoms with Crippen LogP contribution in [0.25, 0.3) is 0 Å². The molecule has 0 saturated carbocycles. The predicted octanol–water partition coefficient (Wildman–Crippen LogP) is 2.24. The van der Waals surface area contributed by atoms with Gasteiger partial charge in [-0.3, -0.25) is 4.79 Å². The highest BCUT2D eigenvalue weighted by Gasteiger charge is 2.43. The van der Waals surface area contributed by atoms with Crippen molar-refractivity contribution in [2.75, 3.05) is 28.3 Å². The molecule has 1 aromatic heterocycles. The van der Waals surface area contributed by atoms with Crippen LogP contribution in [-0.2, 0) is 26.9 Å². The molecule has 0 N–H and O–H groups in total. The highest BCUT2D eigenvalue weighted by molar-refractivity contribution is 6.01. The first-order chi connectivity index (χ1) is 12.4. The zero-order valence-corrected chi connectivity index (χ0v) is 14.6. The van der Waals surface area contributed by atoms with E-state index in [0.29, 0.717) is 0 Å². The number of hydrogen-bond acceptors (Lipinski definition) is 6. The quantitative estimate of drug-likeness (QED) is 0.559. The average molecular weight is 398 g/mol. The Labute approximate surface area is 150 Å². The summed E-state index contributed by atoms with van der Waals surface area (Å²) >= 11 is 0. The number of nitrogens with zero attached hydrogens (tertiary/aromatic N) is 2. The molecule has 0 bridgehead atoms. The number of methoxy groups -OCH3 is 2. The minimum absolute atomic E-state index is 0.749. The van der Waals surface area contributed by atoms with Gasteiger partial charge in [0.2, 0.25) is 5.91 Å². The van der Waals surface area contributed by atoms with E-state index >= 15 is 0 Å². The molecule has 1 rings (SSSR count). The van der Waals surface area contributed by atoms with Gasteiger partial charge in [0.1, 0.15) is 5.69 Å². The normalized spacial score (nSPS) is 11.3. The van der Waals surface area contributed by atoms with E-state index in [1.807, 2.05) is 0 Å². The van der Waals surface area contributed by atoms with Gasteiger partial charge in [0.25, 0.3) is 6.43 Å². The largest absolute Gasteiger partial charge is 0.465 e. The Morgan fingerprint density at radius 2 is 1.52 bits per heavy atom. The molecule has 0 aliphatic heterocycles. The number of halogens is 5. The number of esters is 2. The van der Waals surface area contributed by atoms with Crippen molar-refractivity contribution in [2.45, 2.75) is 19.0 Å². The van der Waals surface area contributed by atoms with Gasteiger partial charge in [-0.2, -0.15) is 13.2 Å². The lowest BCUT2D eigenvalue weighted by Crippen LogP contribution is -2.29. The van der Waals surface area contributed by atoms with Crippen molar-refractivity contribution in [1.29, 1.82) is 0 Å². The smallest absolute Gasteiger partial charge is 0.434 e. The van der Waals surface area contributed by atoms with E-state index in [4.69, 9.17) is 0 Å². The molecule has 12 heteroatoms. The number of hydrogen-bond donors (Lipinski definition) is 0. The fourth-order valence-corrected chi connectivity index (χ4v) is 2.16. The fourth-order valence-electron chi connectivity index (χ4n) is 2.16. The number of pyridine rings is 1. The molecular formula is C15H15F5N2O5. The molecule has 0 radical (unpaired) electrons. The van der Waals surface area contributed by atoms with E-state index < -0.39 is 64.9 Å². The maximum absolute atomic E-state index is 13.4. The molecule has 0 unspecified atom stereocenters. The number of likely N-dealkylation sites (N-methyl/N-ethyl adjacent to an activating group) is 1. The molecule has 0 saturated heterocycles. The van der Waals surface area contributed by atoms with E-state index in [-0.39, 0.29) is 0 Å². The topological polar surface area (TPSA) is 85.8 Å². The van der Waals surface area contributed by atoms with Crippen molar-refractivity contribution in [2.24, 2.45) is 0 Å². The Hall–Kier alpha value is -2.79. The molecule has 27 heavy (non-hydrogen) atoms. The van der Waals surface area contributed by atoms with E-state index in [9.17, 15) is 36.3 Å². The zero-order chi connectivity index (χ0) is 21.1. The second-order valence-corrected chi connectivity index (χ2v) is 5.32. The third kappa shape index (κ3) is 4.68. The van der Waals surface area contributed by atoms with Gasteiger partial charge in [-0.05, 0) is 5.56 Å².